The van der Waals surface area contributed by atoms with E-state index in [0.717, 1.165) is 6.42 Å². The zero-order valence-corrected chi connectivity index (χ0v) is 9.26. The normalized spacial score (nSPS) is 25.8. The summed E-state index contributed by atoms with van der Waals surface area (Å²) >= 11 is 0. The van der Waals surface area contributed by atoms with Gasteiger partial charge >= 0.3 is 7.12 Å². The Labute approximate surface area is 81.4 Å². The quantitative estimate of drug-likeness (QED) is 0.611. The Bertz CT molecular complexity index is 193. The highest BCUT2D eigenvalue weighted by Gasteiger charge is 2.49. The van der Waals surface area contributed by atoms with Crippen molar-refractivity contribution >= 4 is 7.12 Å². The summed E-state index contributed by atoms with van der Waals surface area (Å²) in [6.45, 7) is 10.3. The van der Waals surface area contributed by atoms with Gasteiger partial charge in [-0.1, -0.05) is 19.0 Å². The molecular formula is C10H19BO2. The first-order chi connectivity index (χ1) is 5.89. The van der Waals surface area contributed by atoms with Gasteiger partial charge < -0.3 is 9.31 Å². The van der Waals surface area contributed by atoms with E-state index in [9.17, 15) is 0 Å². The van der Waals surface area contributed by atoms with Crippen molar-refractivity contribution in [1.29, 1.82) is 0 Å². The lowest BCUT2D eigenvalue weighted by atomic mass is 9.90. The number of hydrogen-bond acceptors (Lipinski definition) is 2. The third-order valence-corrected chi connectivity index (χ3v) is 2.80. The molecule has 1 aliphatic rings. The van der Waals surface area contributed by atoms with Gasteiger partial charge in [0.25, 0.3) is 0 Å². The average molecular weight is 182 g/mol. The summed E-state index contributed by atoms with van der Waals surface area (Å²) in [5, 5.41) is 0. The molecule has 0 bridgehead atoms. The van der Waals surface area contributed by atoms with E-state index in [4.69, 9.17) is 9.31 Å². The molecule has 0 saturated carbocycles. The van der Waals surface area contributed by atoms with Gasteiger partial charge in [0.1, 0.15) is 0 Å². The van der Waals surface area contributed by atoms with Gasteiger partial charge in [-0.25, -0.2) is 0 Å². The Kier molecular flexibility index (Phi) is 2.88. The van der Waals surface area contributed by atoms with Crippen LogP contribution >= 0.6 is 0 Å². The fourth-order valence-electron chi connectivity index (χ4n) is 1.21. The molecule has 1 heterocycles. The summed E-state index contributed by atoms with van der Waals surface area (Å²) in [7, 11) is -0.176. The van der Waals surface area contributed by atoms with Crippen molar-refractivity contribution in [2.24, 2.45) is 0 Å². The zero-order valence-electron chi connectivity index (χ0n) is 9.26. The second-order valence-corrected chi connectivity index (χ2v) is 4.46. The minimum atomic E-state index is -0.213. The molecule has 1 saturated heterocycles. The number of allylic oxidation sites excluding steroid dienone is 1. The molecule has 0 aromatic rings. The summed E-state index contributed by atoms with van der Waals surface area (Å²) in [6.07, 6.45) is 3.09. The first-order valence-corrected chi connectivity index (χ1v) is 4.91. The van der Waals surface area contributed by atoms with Gasteiger partial charge in [-0.3, -0.25) is 0 Å². The van der Waals surface area contributed by atoms with Crippen molar-refractivity contribution in [2.75, 3.05) is 0 Å². The topological polar surface area (TPSA) is 18.5 Å². The Hall–Kier alpha value is -0.275. The fourth-order valence-corrected chi connectivity index (χ4v) is 1.21. The van der Waals surface area contributed by atoms with Crippen LogP contribution in [0.4, 0.5) is 0 Å². The molecule has 0 aromatic heterocycles. The highest BCUT2D eigenvalue weighted by Crippen LogP contribution is 2.36. The molecule has 0 unspecified atom stereocenters. The Morgan fingerprint density at radius 2 is 1.54 bits per heavy atom. The molecule has 0 aromatic carbocycles. The summed E-state index contributed by atoms with van der Waals surface area (Å²) < 4.78 is 11.5. The van der Waals surface area contributed by atoms with Gasteiger partial charge in [-0.05, 0) is 34.1 Å². The van der Waals surface area contributed by atoms with Gasteiger partial charge in [-0.15, -0.1) is 0 Å². The maximum absolute atomic E-state index is 5.76. The molecule has 1 fully saturated rings. The van der Waals surface area contributed by atoms with E-state index in [1.807, 2.05) is 5.98 Å². The summed E-state index contributed by atoms with van der Waals surface area (Å²) in [5.41, 5.74) is -0.425. The Morgan fingerprint density at radius 1 is 1.08 bits per heavy atom. The van der Waals surface area contributed by atoms with Crippen LogP contribution in [0, 0.1) is 0 Å². The first-order valence-electron chi connectivity index (χ1n) is 4.91. The largest absolute Gasteiger partial charge is 0.486 e. The lowest BCUT2D eigenvalue weighted by Gasteiger charge is -2.32. The second-order valence-electron chi connectivity index (χ2n) is 4.46. The summed E-state index contributed by atoms with van der Waals surface area (Å²) in [5.74, 6) is 1.98. The molecule has 2 nitrogen and oxygen atoms in total. The van der Waals surface area contributed by atoms with Gasteiger partial charge in [0.2, 0.25) is 0 Å². The lowest BCUT2D eigenvalue weighted by molar-refractivity contribution is 0.00578. The number of rotatable bonds is 2. The molecule has 0 spiro atoms. The molecule has 1 rings (SSSR count). The predicted molar refractivity (Wildman–Crippen MR) is 55.5 cm³/mol. The van der Waals surface area contributed by atoms with Crippen LogP contribution in [0.5, 0.6) is 0 Å². The highest BCUT2D eigenvalue weighted by atomic mass is 16.7. The smallest absolute Gasteiger partial charge is 0.400 e. The van der Waals surface area contributed by atoms with E-state index in [0.29, 0.717) is 0 Å². The van der Waals surface area contributed by atoms with Crippen LogP contribution in [0.2, 0.25) is 0 Å². The fraction of sp³-hybridized carbons (Fsp3) is 0.800. The molecule has 74 valence electrons. The average Bonchev–Trinajstić information content (AvgIpc) is 2.17. The maximum atomic E-state index is 5.76. The monoisotopic (exact) mass is 182 g/mol. The van der Waals surface area contributed by atoms with E-state index >= 15 is 0 Å². The second kappa shape index (κ2) is 3.47. The van der Waals surface area contributed by atoms with Gasteiger partial charge in [0, 0.05) is 0 Å². The summed E-state index contributed by atoms with van der Waals surface area (Å²) in [6, 6.07) is 0. The molecule has 0 radical (unpaired) electrons. The third kappa shape index (κ3) is 2.15. The van der Waals surface area contributed by atoms with Crippen LogP contribution in [0.25, 0.3) is 0 Å². The highest BCUT2D eigenvalue weighted by molar-refractivity contribution is 6.51. The van der Waals surface area contributed by atoms with Crippen molar-refractivity contribution in [3.05, 3.63) is 12.1 Å². The van der Waals surface area contributed by atoms with Gasteiger partial charge in [0.15, 0.2) is 0 Å². The molecule has 13 heavy (non-hydrogen) atoms. The van der Waals surface area contributed by atoms with E-state index in [1.54, 1.807) is 0 Å². The van der Waals surface area contributed by atoms with E-state index in [-0.39, 0.29) is 18.3 Å². The lowest BCUT2D eigenvalue weighted by Crippen LogP contribution is -2.41. The SMILES string of the molecule is CC/C=C/B1OC(C)(C)C(C)(C)O1. The molecule has 0 aliphatic carbocycles. The number of hydrogen-bond donors (Lipinski definition) is 0. The minimum Gasteiger partial charge on any atom is -0.400 e. The van der Waals surface area contributed by atoms with Crippen LogP contribution in [0.15, 0.2) is 12.1 Å². The maximum Gasteiger partial charge on any atom is 0.486 e. The summed E-state index contributed by atoms with van der Waals surface area (Å²) in [4.78, 5) is 0. The molecule has 1 aliphatic heterocycles. The van der Waals surface area contributed by atoms with Crippen molar-refractivity contribution in [3.8, 4) is 0 Å². The molecular weight excluding hydrogens is 163 g/mol. The van der Waals surface area contributed by atoms with Crippen LogP contribution < -0.4 is 0 Å². The Balaban J connectivity index is 2.65. The molecule has 0 N–H and O–H groups in total. The standard InChI is InChI=1S/C10H19BO2/c1-6-7-8-11-12-9(2,3)10(4,5)13-11/h7-8H,6H2,1-5H3/b8-7+. The Morgan fingerprint density at radius 3 is 1.92 bits per heavy atom. The van der Waals surface area contributed by atoms with Crippen LogP contribution in [-0.2, 0) is 9.31 Å². The molecule has 3 heteroatoms. The molecule has 0 amide bonds. The van der Waals surface area contributed by atoms with Crippen molar-refractivity contribution in [2.45, 2.75) is 52.2 Å². The van der Waals surface area contributed by atoms with Crippen LogP contribution in [0.1, 0.15) is 41.0 Å². The van der Waals surface area contributed by atoms with Crippen molar-refractivity contribution in [1.82, 2.24) is 0 Å². The van der Waals surface area contributed by atoms with E-state index < -0.39 is 0 Å². The van der Waals surface area contributed by atoms with Crippen LogP contribution in [0.3, 0.4) is 0 Å². The van der Waals surface area contributed by atoms with Gasteiger partial charge in [0.05, 0.1) is 11.2 Å². The van der Waals surface area contributed by atoms with E-state index in [1.165, 1.54) is 0 Å². The predicted octanol–water partition coefficient (Wildman–Crippen LogP) is 2.58. The van der Waals surface area contributed by atoms with Crippen LogP contribution in [-0.4, -0.2) is 18.3 Å². The third-order valence-electron chi connectivity index (χ3n) is 2.80. The molecule has 0 atom stereocenters. The minimum absolute atomic E-state index is 0.176. The van der Waals surface area contributed by atoms with Crippen molar-refractivity contribution in [3.63, 3.8) is 0 Å². The van der Waals surface area contributed by atoms with E-state index in [2.05, 4.69) is 40.7 Å². The van der Waals surface area contributed by atoms with Gasteiger partial charge in [-0.2, -0.15) is 0 Å². The first kappa shape index (κ1) is 10.8. The van der Waals surface area contributed by atoms with Crippen molar-refractivity contribution < 1.29 is 9.31 Å². The zero-order chi connectivity index (χ0) is 10.1.